The van der Waals surface area contributed by atoms with Crippen molar-refractivity contribution in [3.63, 3.8) is 0 Å². The van der Waals surface area contributed by atoms with Gasteiger partial charge in [0.2, 0.25) is 5.91 Å². The number of nitrogens with two attached hydrogens (primary N) is 1. The molecule has 0 atom stereocenters. The minimum absolute atomic E-state index is 0.0234. The maximum Gasteiger partial charge on any atom is 0.240 e. The summed E-state index contributed by atoms with van der Waals surface area (Å²) in [6.07, 6.45) is 4.97. The Morgan fingerprint density at radius 1 is 1.24 bits per heavy atom. The molecule has 2 rings (SSSR count). The summed E-state index contributed by atoms with van der Waals surface area (Å²) in [6.45, 7) is 2.38. The van der Waals surface area contributed by atoms with Crippen LogP contribution in [0.25, 0.3) is 0 Å². The topological polar surface area (TPSA) is 58.4 Å². The number of hydrogen-bond acceptors (Lipinski definition) is 3. The third-order valence-electron chi connectivity index (χ3n) is 4.27. The smallest absolute Gasteiger partial charge is 0.240 e. The lowest BCUT2D eigenvalue weighted by molar-refractivity contribution is -0.127. The largest absolute Gasteiger partial charge is 0.353 e. The summed E-state index contributed by atoms with van der Waals surface area (Å²) in [5.74, 6) is 0.0234. The maximum atomic E-state index is 12.2. The van der Waals surface area contributed by atoms with Gasteiger partial charge in [0.15, 0.2) is 0 Å². The Hall–Kier alpha value is -1.39. The minimum Gasteiger partial charge on any atom is -0.353 e. The molecule has 0 bridgehead atoms. The number of amides is 1. The van der Waals surface area contributed by atoms with Gasteiger partial charge in [-0.3, -0.25) is 4.79 Å². The molecular weight excluding hydrogens is 262 g/mol. The van der Waals surface area contributed by atoms with Gasteiger partial charge in [0.1, 0.15) is 0 Å². The highest BCUT2D eigenvalue weighted by Crippen LogP contribution is 2.25. The lowest BCUT2D eigenvalue weighted by Gasteiger charge is -2.32. The molecule has 0 unspecified atom stereocenters. The number of hydrogen-bond donors (Lipinski definition) is 2. The van der Waals surface area contributed by atoms with Crippen LogP contribution in [0.5, 0.6) is 0 Å². The molecule has 4 nitrogen and oxygen atoms in total. The molecule has 1 saturated carbocycles. The first kappa shape index (κ1) is 16.0. The molecule has 1 amide bonds. The zero-order chi connectivity index (χ0) is 15.1. The van der Waals surface area contributed by atoms with Crippen LogP contribution in [0.15, 0.2) is 30.3 Å². The first-order valence-electron chi connectivity index (χ1n) is 7.90. The van der Waals surface area contributed by atoms with Crippen LogP contribution in [0.2, 0.25) is 0 Å². The maximum absolute atomic E-state index is 12.2. The Kier molecular flexibility index (Phi) is 5.76. The molecule has 1 aromatic carbocycles. The number of benzene rings is 1. The van der Waals surface area contributed by atoms with Crippen molar-refractivity contribution < 1.29 is 4.79 Å². The van der Waals surface area contributed by atoms with E-state index in [-0.39, 0.29) is 5.91 Å². The summed E-state index contributed by atoms with van der Waals surface area (Å²) in [5, 5.41) is 3.00. The van der Waals surface area contributed by atoms with E-state index in [0.29, 0.717) is 6.54 Å². The van der Waals surface area contributed by atoms with Crippen molar-refractivity contribution in [3.05, 3.63) is 35.9 Å². The molecule has 0 radical (unpaired) electrons. The van der Waals surface area contributed by atoms with Gasteiger partial charge in [-0.1, -0.05) is 49.6 Å². The van der Waals surface area contributed by atoms with Gasteiger partial charge in [-0.2, -0.15) is 0 Å². The van der Waals surface area contributed by atoms with Crippen molar-refractivity contribution in [2.45, 2.75) is 44.2 Å². The zero-order valence-electron chi connectivity index (χ0n) is 13.0. The van der Waals surface area contributed by atoms with Crippen molar-refractivity contribution in [2.24, 2.45) is 5.73 Å². The molecule has 4 heteroatoms. The van der Waals surface area contributed by atoms with E-state index in [1.54, 1.807) is 0 Å². The van der Waals surface area contributed by atoms with Gasteiger partial charge < -0.3 is 16.0 Å². The number of likely N-dealkylation sites (N-methyl/N-ethyl adjacent to an activating group) is 1. The molecule has 0 aromatic heterocycles. The molecule has 0 saturated heterocycles. The van der Waals surface area contributed by atoms with E-state index in [2.05, 4.69) is 29.4 Å². The SMILES string of the molecule is CN(CCNC(=O)C1(N)CCCCC1)Cc1ccccc1. The molecule has 0 heterocycles. The molecule has 0 spiro atoms. The lowest BCUT2D eigenvalue weighted by Crippen LogP contribution is -2.55. The highest BCUT2D eigenvalue weighted by molar-refractivity contribution is 5.86. The molecule has 1 fully saturated rings. The number of nitrogens with zero attached hydrogens (tertiary/aromatic N) is 1. The summed E-state index contributed by atoms with van der Waals surface area (Å²) in [4.78, 5) is 14.4. The Morgan fingerprint density at radius 3 is 2.57 bits per heavy atom. The van der Waals surface area contributed by atoms with Crippen molar-refractivity contribution in [1.29, 1.82) is 0 Å². The van der Waals surface area contributed by atoms with Gasteiger partial charge in [-0.15, -0.1) is 0 Å². The van der Waals surface area contributed by atoms with Gasteiger partial charge in [0.25, 0.3) is 0 Å². The van der Waals surface area contributed by atoms with Crippen molar-refractivity contribution in [3.8, 4) is 0 Å². The molecule has 1 aliphatic carbocycles. The Labute approximate surface area is 127 Å². The molecule has 116 valence electrons. The number of rotatable bonds is 6. The van der Waals surface area contributed by atoms with E-state index in [1.807, 2.05) is 18.2 Å². The predicted octanol–water partition coefficient (Wildman–Crippen LogP) is 1.90. The molecule has 3 N–H and O–H groups in total. The van der Waals surface area contributed by atoms with Gasteiger partial charge in [-0.25, -0.2) is 0 Å². The van der Waals surface area contributed by atoms with Crippen molar-refractivity contribution >= 4 is 5.91 Å². The van der Waals surface area contributed by atoms with Crippen LogP contribution in [-0.4, -0.2) is 36.5 Å². The average molecular weight is 289 g/mol. The van der Waals surface area contributed by atoms with E-state index < -0.39 is 5.54 Å². The zero-order valence-corrected chi connectivity index (χ0v) is 13.0. The predicted molar refractivity (Wildman–Crippen MR) is 85.8 cm³/mol. The fraction of sp³-hybridized carbons (Fsp3) is 0.588. The van der Waals surface area contributed by atoms with Crippen LogP contribution in [-0.2, 0) is 11.3 Å². The summed E-state index contributed by atoms with van der Waals surface area (Å²) >= 11 is 0. The van der Waals surface area contributed by atoms with E-state index in [9.17, 15) is 4.79 Å². The van der Waals surface area contributed by atoms with Gasteiger partial charge in [0.05, 0.1) is 5.54 Å². The summed E-state index contributed by atoms with van der Waals surface area (Å²) in [6, 6.07) is 10.4. The number of nitrogens with one attached hydrogen (secondary N) is 1. The Balaban J connectivity index is 1.70. The van der Waals surface area contributed by atoms with Crippen LogP contribution in [0.3, 0.4) is 0 Å². The second-order valence-electron chi connectivity index (χ2n) is 6.20. The first-order valence-corrected chi connectivity index (χ1v) is 7.90. The molecule has 0 aliphatic heterocycles. The third-order valence-corrected chi connectivity index (χ3v) is 4.27. The van der Waals surface area contributed by atoms with Crippen LogP contribution in [0.4, 0.5) is 0 Å². The van der Waals surface area contributed by atoms with Crippen molar-refractivity contribution in [2.75, 3.05) is 20.1 Å². The third kappa shape index (κ3) is 4.83. The van der Waals surface area contributed by atoms with Gasteiger partial charge in [0, 0.05) is 19.6 Å². The molecule has 1 aromatic rings. The van der Waals surface area contributed by atoms with Gasteiger partial charge >= 0.3 is 0 Å². The van der Waals surface area contributed by atoms with Crippen LogP contribution in [0.1, 0.15) is 37.7 Å². The Bertz CT molecular complexity index is 441. The lowest BCUT2D eigenvalue weighted by atomic mass is 9.82. The van der Waals surface area contributed by atoms with E-state index in [4.69, 9.17) is 5.73 Å². The number of carbonyl (C=O) groups excluding carboxylic acids is 1. The van der Waals surface area contributed by atoms with Crippen LogP contribution >= 0.6 is 0 Å². The standard InChI is InChI=1S/C17H27N3O/c1-20(14-15-8-4-2-5-9-15)13-12-19-16(21)17(18)10-6-3-7-11-17/h2,4-5,8-9H,3,6-7,10-14,18H2,1H3,(H,19,21). The van der Waals surface area contributed by atoms with Crippen molar-refractivity contribution in [1.82, 2.24) is 10.2 Å². The summed E-state index contributed by atoms with van der Waals surface area (Å²) in [7, 11) is 2.07. The van der Waals surface area contributed by atoms with E-state index in [1.165, 1.54) is 12.0 Å². The average Bonchev–Trinajstić information content (AvgIpc) is 2.49. The van der Waals surface area contributed by atoms with E-state index in [0.717, 1.165) is 38.8 Å². The second-order valence-corrected chi connectivity index (χ2v) is 6.20. The highest BCUT2D eigenvalue weighted by atomic mass is 16.2. The minimum atomic E-state index is -0.629. The Morgan fingerprint density at radius 2 is 1.90 bits per heavy atom. The fourth-order valence-corrected chi connectivity index (χ4v) is 2.92. The summed E-state index contributed by atoms with van der Waals surface area (Å²) in [5.41, 5.74) is 6.87. The quantitative estimate of drug-likeness (QED) is 0.841. The van der Waals surface area contributed by atoms with Gasteiger partial charge in [-0.05, 0) is 25.5 Å². The molecule has 21 heavy (non-hydrogen) atoms. The molecule has 1 aliphatic rings. The summed E-state index contributed by atoms with van der Waals surface area (Å²) < 4.78 is 0. The van der Waals surface area contributed by atoms with Crippen LogP contribution < -0.4 is 11.1 Å². The van der Waals surface area contributed by atoms with Crippen LogP contribution in [0, 0.1) is 0 Å². The highest BCUT2D eigenvalue weighted by Gasteiger charge is 2.34. The fourth-order valence-electron chi connectivity index (χ4n) is 2.92. The second kappa shape index (κ2) is 7.57. The first-order chi connectivity index (χ1) is 10.1. The number of carbonyl (C=O) groups is 1. The van der Waals surface area contributed by atoms with E-state index >= 15 is 0 Å². The molecular formula is C17H27N3O. The normalized spacial score (nSPS) is 17.7. The monoisotopic (exact) mass is 289 g/mol.